The van der Waals surface area contributed by atoms with Crippen molar-refractivity contribution in [1.29, 1.82) is 0 Å². The zero-order valence-electron chi connectivity index (χ0n) is 14.4. The third-order valence-electron chi connectivity index (χ3n) is 4.37. The molecular weight excluding hydrogens is 334 g/mol. The highest BCUT2D eigenvalue weighted by molar-refractivity contribution is 7.07. The molecule has 25 heavy (non-hydrogen) atoms. The van der Waals surface area contributed by atoms with Crippen LogP contribution < -0.4 is 10.1 Å². The first-order valence-electron chi connectivity index (χ1n) is 8.92. The lowest BCUT2D eigenvalue weighted by molar-refractivity contribution is 0.0951. The molecule has 1 aliphatic rings. The van der Waals surface area contributed by atoms with Crippen molar-refractivity contribution in [3.63, 3.8) is 0 Å². The van der Waals surface area contributed by atoms with Crippen LogP contribution in [0.5, 0.6) is 5.75 Å². The second kappa shape index (κ2) is 9.53. The van der Waals surface area contributed by atoms with Crippen LogP contribution in [-0.2, 0) is 6.61 Å². The van der Waals surface area contributed by atoms with Crippen molar-refractivity contribution < 1.29 is 9.53 Å². The Kier molecular flexibility index (Phi) is 6.82. The number of carbonyl (C=O) groups is 1. The number of ether oxygens (including phenoxy) is 1. The SMILES string of the molecule is O=C(NCCCN1CCCCC1)c1ccc(OCc2cscn2)cc1. The molecule has 1 aliphatic heterocycles. The van der Waals surface area contributed by atoms with Gasteiger partial charge in [-0.15, -0.1) is 11.3 Å². The highest BCUT2D eigenvalue weighted by Crippen LogP contribution is 2.14. The van der Waals surface area contributed by atoms with Crippen molar-refractivity contribution in [2.75, 3.05) is 26.2 Å². The van der Waals surface area contributed by atoms with Crippen LogP contribution in [0.15, 0.2) is 35.2 Å². The summed E-state index contributed by atoms with van der Waals surface area (Å²) in [6.45, 7) is 4.65. The fourth-order valence-electron chi connectivity index (χ4n) is 2.96. The minimum Gasteiger partial charge on any atom is -0.487 e. The van der Waals surface area contributed by atoms with E-state index < -0.39 is 0 Å². The summed E-state index contributed by atoms with van der Waals surface area (Å²) in [5, 5.41) is 4.96. The number of thiazole rings is 1. The van der Waals surface area contributed by atoms with Gasteiger partial charge in [-0.3, -0.25) is 4.79 Å². The molecule has 0 unspecified atom stereocenters. The summed E-state index contributed by atoms with van der Waals surface area (Å²) in [6, 6.07) is 7.26. The Morgan fingerprint density at radius 1 is 1.20 bits per heavy atom. The predicted octanol–water partition coefficient (Wildman–Crippen LogP) is 3.33. The molecule has 0 bridgehead atoms. The van der Waals surface area contributed by atoms with Crippen LogP contribution in [0, 0.1) is 0 Å². The number of rotatable bonds is 8. The molecule has 6 heteroatoms. The van der Waals surface area contributed by atoms with Crippen molar-refractivity contribution >= 4 is 17.2 Å². The summed E-state index contributed by atoms with van der Waals surface area (Å²) < 4.78 is 5.66. The van der Waals surface area contributed by atoms with Crippen molar-refractivity contribution in [3.05, 3.63) is 46.4 Å². The monoisotopic (exact) mass is 359 g/mol. The van der Waals surface area contributed by atoms with Gasteiger partial charge in [0, 0.05) is 17.5 Å². The fourth-order valence-corrected chi connectivity index (χ4v) is 3.50. The first-order valence-corrected chi connectivity index (χ1v) is 9.86. The molecule has 0 radical (unpaired) electrons. The summed E-state index contributed by atoms with van der Waals surface area (Å²) in [6.07, 6.45) is 4.98. The smallest absolute Gasteiger partial charge is 0.251 e. The number of amides is 1. The van der Waals surface area contributed by atoms with Crippen molar-refractivity contribution in [1.82, 2.24) is 15.2 Å². The number of hydrogen-bond donors (Lipinski definition) is 1. The molecule has 2 heterocycles. The van der Waals surface area contributed by atoms with E-state index in [1.807, 2.05) is 17.5 Å². The van der Waals surface area contributed by atoms with Gasteiger partial charge in [0.1, 0.15) is 12.4 Å². The number of piperidine rings is 1. The van der Waals surface area contributed by atoms with Gasteiger partial charge in [0.25, 0.3) is 5.91 Å². The Morgan fingerprint density at radius 3 is 2.72 bits per heavy atom. The van der Waals surface area contributed by atoms with Gasteiger partial charge in [-0.05, 0) is 63.2 Å². The zero-order valence-corrected chi connectivity index (χ0v) is 15.3. The van der Waals surface area contributed by atoms with Crippen LogP contribution in [0.2, 0.25) is 0 Å². The minimum absolute atomic E-state index is 0.0234. The van der Waals surface area contributed by atoms with Crippen molar-refractivity contribution in [2.45, 2.75) is 32.3 Å². The van der Waals surface area contributed by atoms with E-state index in [1.165, 1.54) is 32.4 Å². The predicted molar refractivity (Wildman–Crippen MR) is 100 cm³/mol. The lowest BCUT2D eigenvalue weighted by Gasteiger charge is -2.26. The Balaban J connectivity index is 1.36. The molecule has 1 aromatic carbocycles. The summed E-state index contributed by atoms with van der Waals surface area (Å²) in [4.78, 5) is 18.8. The van der Waals surface area contributed by atoms with Crippen LogP contribution in [0.25, 0.3) is 0 Å². The molecule has 1 amide bonds. The molecule has 0 spiro atoms. The van der Waals surface area contributed by atoms with E-state index >= 15 is 0 Å². The molecule has 5 nitrogen and oxygen atoms in total. The maximum atomic E-state index is 12.2. The van der Waals surface area contributed by atoms with E-state index in [9.17, 15) is 4.79 Å². The maximum Gasteiger partial charge on any atom is 0.251 e. The third kappa shape index (κ3) is 5.83. The highest BCUT2D eigenvalue weighted by atomic mass is 32.1. The van der Waals surface area contributed by atoms with Crippen molar-refractivity contribution in [3.8, 4) is 5.75 Å². The highest BCUT2D eigenvalue weighted by Gasteiger charge is 2.10. The molecule has 0 atom stereocenters. The van der Waals surface area contributed by atoms with Gasteiger partial charge >= 0.3 is 0 Å². The van der Waals surface area contributed by atoms with E-state index in [0.717, 1.165) is 31.0 Å². The molecule has 1 saturated heterocycles. The number of hydrogen-bond acceptors (Lipinski definition) is 5. The molecule has 2 aromatic rings. The van der Waals surface area contributed by atoms with Gasteiger partial charge in [-0.1, -0.05) is 6.42 Å². The molecule has 0 saturated carbocycles. The molecular formula is C19H25N3O2S. The second-order valence-electron chi connectivity index (χ2n) is 6.30. The lowest BCUT2D eigenvalue weighted by Crippen LogP contribution is -2.33. The van der Waals surface area contributed by atoms with E-state index in [0.29, 0.717) is 12.2 Å². The number of likely N-dealkylation sites (tertiary alicyclic amines) is 1. The molecule has 134 valence electrons. The third-order valence-corrected chi connectivity index (χ3v) is 5.01. The van der Waals surface area contributed by atoms with Gasteiger partial charge < -0.3 is 15.0 Å². The second-order valence-corrected chi connectivity index (χ2v) is 7.02. The largest absolute Gasteiger partial charge is 0.487 e. The number of aromatic nitrogens is 1. The summed E-state index contributed by atoms with van der Waals surface area (Å²) >= 11 is 1.55. The lowest BCUT2D eigenvalue weighted by atomic mass is 10.1. The van der Waals surface area contributed by atoms with Gasteiger partial charge in [0.2, 0.25) is 0 Å². The summed E-state index contributed by atoms with van der Waals surface area (Å²) in [5.41, 5.74) is 3.37. The first-order chi connectivity index (χ1) is 12.3. The van der Waals surface area contributed by atoms with Crippen LogP contribution in [0.1, 0.15) is 41.7 Å². The number of benzene rings is 1. The Hall–Kier alpha value is -1.92. The number of nitrogens with one attached hydrogen (secondary N) is 1. The molecule has 0 aliphatic carbocycles. The first kappa shape index (κ1) is 17.9. The van der Waals surface area contributed by atoms with E-state index in [-0.39, 0.29) is 5.91 Å². The summed E-state index contributed by atoms with van der Waals surface area (Å²) in [5.74, 6) is 0.722. The molecule has 1 N–H and O–H groups in total. The van der Waals surface area contributed by atoms with Crippen LogP contribution in [0.3, 0.4) is 0 Å². The molecule has 1 aromatic heterocycles. The van der Waals surface area contributed by atoms with Gasteiger partial charge in [0.15, 0.2) is 0 Å². The average Bonchev–Trinajstić information content (AvgIpc) is 3.18. The quantitative estimate of drug-likeness (QED) is 0.735. The van der Waals surface area contributed by atoms with Gasteiger partial charge in [-0.25, -0.2) is 4.98 Å². The standard InChI is InChI=1S/C19H25N3O2S/c23-19(20-9-4-12-22-10-2-1-3-11-22)16-5-7-18(8-6-16)24-13-17-14-25-15-21-17/h5-8,14-15H,1-4,9-13H2,(H,20,23). The Labute approximate surface area is 153 Å². The maximum absolute atomic E-state index is 12.2. The number of carbonyl (C=O) groups excluding carboxylic acids is 1. The minimum atomic E-state index is -0.0234. The van der Waals surface area contributed by atoms with Crippen molar-refractivity contribution in [2.24, 2.45) is 0 Å². The van der Waals surface area contributed by atoms with E-state index in [2.05, 4.69) is 15.2 Å². The zero-order chi connectivity index (χ0) is 17.3. The van der Waals surface area contributed by atoms with Crippen LogP contribution in [0.4, 0.5) is 0 Å². The topological polar surface area (TPSA) is 54.5 Å². The van der Waals surface area contributed by atoms with Gasteiger partial charge in [-0.2, -0.15) is 0 Å². The Morgan fingerprint density at radius 2 is 2.00 bits per heavy atom. The fraction of sp³-hybridized carbons (Fsp3) is 0.474. The normalized spacial score (nSPS) is 15.0. The van der Waals surface area contributed by atoms with E-state index in [1.54, 1.807) is 29.0 Å². The van der Waals surface area contributed by atoms with E-state index in [4.69, 9.17) is 4.74 Å². The summed E-state index contributed by atoms with van der Waals surface area (Å²) in [7, 11) is 0. The van der Waals surface area contributed by atoms with Gasteiger partial charge in [0.05, 0.1) is 11.2 Å². The van der Waals surface area contributed by atoms with Crippen LogP contribution in [-0.4, -0.2) is 42.0 Å². The molecule has 3 rings (SSSR count). The average molecular weight is 359 g/mol. The molecule has 1 fully saturated rings. The van der Waals surface area contributed by atoms with Crippen LogP contribution >= 0.6 is 11.3 Å². The number of nitrogens with zero attached hydrogens (tertiary/aromatic N) is 2. The Bertz CT molecular complexity index is 637.